The molecular weight excluding hydrogens is 346 g/mol. The van der Waals surface area contributed by atoms with Gasteiger partial charge >= 0.3 is 0 Å². The van der Waals surface area contributed by atoms with Crippen LogP contribution in [0.25, 0.3) is 21.8 Å². The first-order chi connectivity index (χ1) is 12.6. The first kappa shape index (κ1) is 16.8. The van der Waals surface area contributed by atoms with Crippen molar-refractivity contribution in [3.63, 3.8) is 0 Å². The van der Waals surface area contributed by atoms with E-state index in [2.05, 4.69) is 4.98 Å². The summed E-state index contributed by atoms with van der Waals surface area (Å²) in [5.74, 6) is 0. The zero-order valence-corrected chi connectivity index (χ0v) is 15.0. The first-order valence-electron chi connectivity index (χ1n) is 8.50. The van der Waals surface area contributed by atoms with Crippen molar-refractivity contribution in [2.45, 2.75) is 17.7 Å². The third-order valence-electron chi connectivity index (χ3n) is 4.54. The van der Waals surface area contributed by atoms with Crippen molar-refractivity contribution in [3.8, 4) is 0 Å². The van der Waals surface area contributed by atoms with Gasteiger partial charge in [-0.15, -0.1) is 0 Å². The Balaban J connectivity index is 1.89. The van der Waals surface area contributed by atoms with Gasteiger partial charge in [0.2, 0.25) is 0 Å². The fourth-order valence-electron chi connectivity index (χ4n) is 3.21. The smallest absolute Gasteiger partial charge is 0.269 e. The standard InChI is InChI=1S/C20H19N3O2S/c21-11-3-7-17-14-23(20-19(17)8-4-12-22-20)26(24,25)18-10-9-15-5-1-2-6-16(15)13-18/h1-2,4-6,8-10,12-14H,3,7,11,21H2. The summed E-state index contributed by atoms with van der Waals surface area (Å²) in [4.78, 5) is 4.57. The van der Waals surface area contributed by atoms with Crippen LogP contribution in [0.4, 0.5) is 0 Å². The number of benzene rings is 2. The zero-order chi connectivity index (χ0) is 18.1. The van der Waals surface area contributed by atoms with E-state index in [4.69, 9.17) is 5.73 Å². The van der Waals surface area contributed by atoms with E-state index in [0.29, 0.717) is 12.2 Å². The van der Waals surface area contributed by atoms with Crippen LogP contribution >= 0.6 is 0 Å². The molecule has 2 N–H and O–H groups in total. The Morgan fingerprint density at radius 3 is 2.62 bits per heavy atom. The minimum Gasteiger partial charge on any atom is -0.330 e. The Bertz CT molecular complexity index is 1200. The summed E-state index contributed by atoms with van der Waals surface area (Å²) in [6.45, 7) is 0.560. The molecule has 0 fully saturated rings. The predicted octanol–water partition coefficient (Wildman–Crippen LogP) is 3.32. The average molecular weight is 365 g/mol. The number of nitrogens with two attached hydrogens (primary N) is 1. The number of aromatic nitrogens is 2. The largest absolute Gasteiger partial charge is 0.330 e. The maximum Gasteiger partial charge on any atom is 0.269 e. The minimum atomic E-state index is -3.74. The molecule has 26 heavy (non-hydrogen) atoms. The molecule has 4 aromatic rings. The van der Waals surface area contributed by atoms with Crippen molar-refractivity contribution in [2.24, 2.45) is 5.73 Å². The van der Waals surface area contributed by atoms with Gasteiger partial charge in [0.1, 0.15) is 0 Å². The zero-order valence-electron chi connectivity index (χ0n) is 14.2. The van der Waals surface area contributed by atoms with E-state index in [0.717, 1.165) is 34.6 Å². The van der Waals surface area contributed by atoms with Crippen molar-refractivity contribution < 1.29 is 8.42 Å². The molecule has 0 aliphatic carbocycles. The van der Waals surface area contributed by atoms with Crippen LogP contribution in [0.3, 0.4) is 0 Å². The molecule has 0 atom stereocenters. The van der Waals surface area contributed by atoms with E-state index in [1.54, 1.807) is 24.5 Å². The first-order valence-corrected chi connectivity index (χ1v) is 9.94. The Kier molecular flexibility index (Phi) is 4.22. The van der Waals surface area contributed by atoms with Crippen molar-refractivity contribution in [1.82, 2.24) is 8.96 Å². The molecular formula is C20H19N3O2S. The molecule has 0 unspecified atom stereocenters. The van der Waals surface area contributed by atoms with Crippen molar-refractivity contribution in [1.29, 1.82) is 0 Å². The highest BCUT2D eigenvalue weighted by molar-refractivity contribution is 7.90. The molecule has 132 valence electrons. The lowest BCUT2D eigenvalue weighted by atomic mass is 10.1. The van der Waals surface area contributed by atoms with Crippen LogP contribution in [0, 0.1) is 0 Å². The van der Waals surface area contributed by atoms with Crippen LogP contribution in [0.15, 0.2) is 71.9 Å². The predicted molar refractivity (Wildman–Crippen MR) is 104 cm³/mol. The lowest BCUT2D eigenvalue weighted by molar-refractivity contribution is 0.588. The number of hydrogen-bond acceptors (Lipinski definition) is 4. The third-order valence-corrected chi connectivity index (χ3v) is 6.19. The van der Waals surface area contributed by atoms with Gasteiger partial charge < -0.3 is 5.73 Å². The van der Waals surface area contributed by atoms with Gasteiger partial charge in [0.15, 0.2) is 5.65 Å². The number of rotatable bonds is 5. The molecule has 0 bridgehead atoms. The Morgan fingerprint density at radius 1 is 1.00 bits per heavy atom. The molecule has 4 rings (SSSR count). The summed E-state index contributed by atoms with van der Waals surface area (Å²) in [5.41, 5.74) is 7.01. The topological polar surface area (TPSA) is 78.0 Å². The molecule has 0 aliphatic heterocycles. The molecule has 0 saturated heterocycles. The monoisotopic (exact) mass is 365 g/mol. The van der Waals surface area contributed by atoms with E-state index < -0.39 is 10.0 Å². The van der Waals surface area contributed by atoms with E-state index in [9.17, 15) is 8.42 Å². The molecule has 0 amide bonds. The molecule has 2 heterocycles. The van der Waals surface area contributed by atoms with Crippen molar-refractivity contribution in [3.05, 3.63) is 72.6 Å². The second-order valence-corrected chi connectivity index (χ2v) is 8.05. The summed E-state index contributed by atoms with van der Waals surface area (Å²) in [5, 5.41) is 2.75. The number of hydrogen-bond donors (Lipinski definition) is 1. The fraction of sp³-hybridized carbons (Fsp3) is 0.150. The van der Waals surface area contributed by atoms with Gasteiger partial charge in [-0.3, -0.25) is 0 Å². The van der Waals surface area contributed by atoms with Crippen LogP contribution in [-0.2, 0) is 16.4 Å². The number of fused-ring (bicyclic) bond motifs is 2. The molecule has 0 aliphatic rings. The molecule has 2 aromatic carbocycles. The summed E-state index contributed by atoms with van der Waals surface area (Å²) in [7, 11) is -3.74. The Morgan fingerprint density at radius 2 is 1.81 bits per heavy atom. The van der Waals surface area contributed by atoms with Crippen molar-refractivity contribution in [2.75, 3.05) is 6.54 Å². The van der Waals surface area contributed by atoms with Crippen LogP contribution in [0.2, 0.25) is 0 Å². The SMILES string of the molecule is NCCCc1cn(S(=O)(=O)c2ccc3ccccc3c2)c2ncccc12. The minimum absolute atomic E-state index is 0.254. The van der Waals surface area contributed by atoms with Gasteiger partial charge in [-0.1, -0.05) is 30.3 Å². The van der Waals surface area contributed by atoms with Crippen LogP contribution < -0.4 is 5.73 Å². The molecule has 5 nitrogen and oxygen atoms in total. The van der Waals surface area contributed by atoms with Crippen LogP contribution in [0.5, 0.6) is 0 Å². The number of pyridine rings is 1. The van der Waals surface area contributed by atoms with Crippen LogP contribution in [-0.4, -0.2) is 23.9 Å². The van der Waals surface area contributed by atoms with Gasteiger partial charge in [-0.2, -0.15) is 0 Å². The van der Waals surface area contributed by atoms with E-state index in [1.807, 2.05) is 42.5 Å². The quantitative estimate of drug-likeness (QED) is 0.588. The highest BCUT2D eigenvalue weighted by Crippen LogP contribution is 2.27. The highest BCUT2D eigenvalue weighted by Gasteiger charge is 2.22. The van der Waals surface area contributed by atoms with E-state index >= 15 is 0 Å². The summed E-state index contributed by atoms with van der Waals surface area (Å²) in [6.07, 6.45) is 4.81. The average Bonchev–Trinajstić information content (AvgIpc) is 3.05. The summed E-state index contributed by atoms with van der Waals surface area (Å²) in [6, 6.07) is 16.6. The maximum atomic E-state index is 13.3. The molecule has 0 spiro atoms. The number of aryl methyl sites for hydroxylation is 1. The van der Waals surface area contributed by atoms with Gasteiger partial charge in [0, 0.05) is 17.8 Å². The summed E-state index contributed by atoms with van der Waals surface area (Å²) >= 11 is 0. The highest BCUT2D eigenvalue weighted by atomic mass is 32.2. The normalized spacial score (nSPS) is 12.0. The lowest BCUT2D eigenvalue weighted by Gasteiger charge is -2.08. The lowest BCUT2D eigenvalue weighted by Crippen LogP contribution is -2.12. The molecule has 0 saturated carbocycles. The van der Waals surface area contributed by atoms with Gasteiger partial charge in [0.25, 0.3) is 10.0 Å². The van der Waals surface area contributed by atoms with E-state index in [1.165, 1.54) is 3.97 Å². The number of nitrogens with zero attached hydrogens (tertiary/aromatic N) is 2. The molecule has 0 radical (unpaired) electrons. The van der Waals surface area contributed by atoms with Gasteiger partial charge in [-0.25, -0.2) is 17.4 Å². The second-order valence-electron chi connectivity index (χ2n) is 6.23. The molecule has 2 aromatic heterocycles. The Hall–Kier alpha value is -2.70. The summed E-state index contributed by atoms with van der Waals surface area (Å²) < 4.78 is 27.8. The molecule has 6 heteroatoms. The fourth-order valence-corrected chi connectivity index (χ4v) is 4.59. The second kappa shape index (κ2) is 6.55. The van der Waals surface area contributed by atoms with Gasteiger partial charge in [-0.05, 0) is 60.0 Å². The third kappa shape index (κ3) is 2.77. The maximum absolute atomic E-state index is 13.3. The van der Waals surface area contributed by atoms with Crippen molar-refractivity contribution >= 4 is 31.8 Å². The Labute approximate surface area is 152 Å². The van der Waals surface area contributed by atoms with E-state index in [-0.39, 0.29) is 4.90 Å². The van der Waals surface area contributed by atoms with Crippen LogP contribution in [0.1, 0.15) is 12.0 Å². The van der Waals surface area contributed by atoms with Gasteiger partial charge in [0.05, 0.1) is 4.90 Å².